The molecule has 0 aromatic heterocycles. The highest BCUT2D eigenvalue weighted by Gasteiger charge is 2.32. The molecular formula is C13H27ClN2O2. The average molecular weight is 279 g/mol. The van der Waals surface area contributed by atoms with Crippen molar-refractivity contribution in [3.05, 3.63) is 0 Å². The van der Waals surface area contributed by atoms with Crippen molar-refractivity contribution in [3.63, 3.8) is 0 Å². The molecule has 2 saturated heterocycles. The largest absolute Gasteiger partial charge is 0.394 e. The fourth-order valence-electron chi connectivity index (χ4n) is 3.06. The second-order valence-electron chi connectivity index (χ2n) is 5.83. The molecule has 2 heterocycles. The number of likely N-dealkylation sites (tertiary alicyclic amines) is 1. The number of aliphatic hydroxyl groups is 1. The van der Waals surface area contributed by atoms with Gasteiger partial charge in [-0.2, -0.15) is 0 Å². The lowest BCUT2D eigenvalue weighted by atomic mass is 9.88. The van der Waals surface area contributed by atoms with Crippen LogP contribution < -0.4 is 5.32 Å². The zero-order valence-electron chi connectivity index (χ0n) is 11.4. The van der Waals surface area contributed by atoms with Gasteiger partial charge in [0, 0.05) is 19.6 Å². The summed E-state index contributed by atoms with van der Waals surface area (Å²) in [7, 11) is 0. The maximum atomic E-state index is 8.79. The van der Waals surface area contributed by atoms with Crippen LogP contribution in [0.15, 0.2) is 0 Å². The maximum absolute atomic E-state index is 8.79. The average Bonchev–Trinajstić information content (AvgIpc) is 2.73. The third-order valence-corrected chi connectivity index (χ3v) is 3.97. The first-order valence-corrected chi connectivity index (χ1v) is 6.87. The van der Waals surface area contributed by atoms with Crippen molar-refractivity contribution in [2.24, 2.45) is 5.41 Å². The number of piperidine rings is 1. The van der Waals surface area contributed by atoms with Gasteiger partial charge in [-0.05, 0) is 37.8 Å². The quantitative estimate of drug-likeness (QED) is 0.784. The van der Waals surface area contributed by atoms with E-state index in [1.54, 1.807) is 0 Å². The molecular weight excluding hydrogens is 252 g/mol. The smallest absolute Gasteiger partial charge is 0.0703 e. The summed E-state index contributed by atoms with van der Waals surface area (Å²) in [4.78, 5) is 2.54. The standard InChI is InChI=1S/C13H26N2O2.ClH/c1-13(4-5-14-10-13)11-15-6-2-3-12(9-15)17-8-7-16;/h12,14,16H,2-11H2,1H3;1H. The van der Waals surface area contributed by atoms with Crippen molar-refractivity contribution in [2.45, 2.75) is 32.3 Å². The van der Waals surface area contributed by atoms with Crippen molar-refractivity contribution >= 4 is 12.4 Å². The van der Waals surface area contributed by atoms with Gasteiger partial charge >= 0.3 is 0 Å². The molecule has 2 unspecified atom stereocenters. The van der Waals surface area contributed by atoms with Gasteiger partial charge in [-0.25, -0.2) is 0 Å². The van der Waals surface area contributed by atoms with Gasteiger partial charge in [-0.15, -0.1) is 12.4 Å². The lowest BCUT2D eigenvalue weighted by Gasteiger charge is -2.37. The highest BCUT2D eigenvalue weighted by atomic mass is 35.5. The molecule has 5 heteroatoms. The van der Waals surface area contributed by atoms with E-state index in [4.69, 9.17) is 9.84 Å². The summed E-state index contributed by atoms with van der Waals surface area (Å²) in [5, 5.41) is 12.2. The van der Waals surface area contributed by atoms with Gasteiger partial charge in [0.15, 0.2) is 0 Å². The molecule has 2 N–H and O–H groups in total. The number of hydrogen-bond acceptors (Lipinski definition) is 4. The minimum Gasteiger partial charge on any atom is -0.394 e. The Labute approximate surface area is 116 Å². The highest BCUT2D eigenvalue weighted by molar-refractivity contribution is 5.85. The predicted molar refractivity (Wildman–Crippen MR) is 75.3 cm³/mol. The van der Waals surface area contributed by atoms with E-state index in [2.05, 4.69) is 17.1 Å². The van der Waals surface area contributed by atoms with Gasteiger partial charge in [0.2, 0.25) is 0 Å². The topological polar surface area (TPSA) is 44.7 Å². The summed E-state index contributed by atoms with van der Waals surface area (Å²) >= 11 is 0. The molecule has 0 aliphatic carbocycles. The van der Waals surface area contributed by atoms with Gasteiger partial charge in [0.05, 0.1) is 19.3 Å². The molecule has 2 atom stereocenters. The number of halogens is 1. The summed E-state index contributed by atoms with van der Waals surface area (Å²) in [6.07, 6.45) is 3.98. The van der Waals surface area contributed by atoms with Crippen LogP contribution in [-0.2, 0) is 4.74 Å². The van der Waals surface area contributed by atoms with Crippen LogP contribution in [0.5, 0.6) is 0 Å². The van der Waals surface area contributed by atoms with Gasteiger partial charge < -0.3 is 20.1 Å². The highest BCUT2D eigenvalue weighted by Crippen LogP contribution is 2.27. The van der Waals surface area contributed by atoms with Crippen molar-refractivity contribution in [3.8, 4) is 0 Å². The number of nitrogens with one attached hydrogen (secondary N) is 1. The third-order valence-electron chi connectivity index (χ3n) is 3.97. The molecule has 0 bridgehead atoms. The first-order chi connectivity index (χ1) is 8.22. The van der Waals surface area contributed by atoms with Gasteiger partial charge in [0.1, 0.15) is 0 Å². The minimum absolute atomic E-state index is 0. The van der Waals surface area contributed by atoms with Crippen molar-refractivity contribution < 1.29 is 9.84 Å². The fraction of sp³-hybridized carbons (Fsp3) is 1.00. The lowest BCUT2D eigenvalue weighted by Crippen LogP contribution is -2.45. The van der Waals surface area contributed by atoms with E-state index >= 15 is 0 Å². The van der Waals surface area contributed by atoms with Crippen molar-refractivity contribution in [1.29, 1.82) is 0 Å². The fourth-order valence-corrected chi connectivity index (χ4v) is 3.06. The minimum atomic E-state index is 0. The number of aliphatic hydroxyl groups excluding tert-OH is 1. The molecule has 0 amide bonds. The van der Waals surface area contributed by atoms with Crippen LogP contribution in [-0.4, -0.2) is 62.0 Å². The molecule has 2 aliphatic heterocycles. The monoisotopic (exact) mass is 278 g/mol. The van der Waals surface area contributed by atoms with Crippen LogP contribution in [0, 0.1) is 5.41 Å². The zero-order valence-corrected chi connectivity index (χ0v) is 12.2. The first kappa shape index (κ1) is 16.2. The summed E-state index contributed by atoms with van der Waals surface area (Å²) in [5.41, 5.74) is 0.443. The van der Waals surface area contributed by atoms with E-state index < -0.39 is 0 Å². The van der Waals surface area contributed by atoms with Gasteiger partial charge in [0.25, 0.3) is 0 Å². The summed E-state index contributed by atoms with van der Waals surface area (Å²) in [5.74, 6) is 0. The molecule has 2 fully saturated rings. The SMILES string of the molecule is CC1(CN2CCCC(OCCO)C2)CCNC1.Cl. The van der Waals surface area contributed by atoms with Crippen LogP contribution in [0.1, 0.15) is 26.2 Å². The van der Waals surface area contributed by atoms with E-state index in [-0.39, 0.29) is 19.0 Å². The summed E-state index contributed by atoms with van der Waals surface area (Å²) in [6.45, 7) is 8.73. The zero-order chi connectivity index (χ0) is 12.1. The van der Waals surface area contributed by atoms with E-state index in [0.717, 1.165) is 26.1 Å². The number of hydrogen-bond donors (Lipinski definition) is 2. The molecule has 18 heavy (non-hydrogen) atoms. The predicted octanol–water partition coefficient (Wildman–Crippen LogP) is 0.881. The van der Waals surface area contributed by atoms with E-state index in [0.29, 0.717) is 18.1 Å². The molecule has 2 rings (SSSR count). The molecule has 4 nitrogen and oxygen atoms in total. The van der Waals surface area contributed by atoms with Crippen LogP contribution >= 0.6 is 12.4 Å². The number of nitrogens with zero attached hydrogens (tertiary/aromatic N) is 1. The Kier molecular flexibility index (Phi) is 6.88. The second kappa shape index (κ2) is 7.65. The maximum Gasteiger partial charge on any atom is 0.0703 e. The van der Waals surface area contributed by atoms with E-state index in [1.165, 1.54) is 25.9 Å². The Morgan fingerprint density at radius 1 is 1.50 bits per heavy atom. The third kappa shape index (κ3) is 4.67. The van der Waals surface area contributed by atoms with Crippen LogP contribution in [0.25, 0.3) is 0 Å². The van der Waals surface area contributed by atoms with Crippen LogP contribution in [0.3, 0.4) is 0 Å². The summed E-state index contributed by atoms with van der Waals surface area (Å²) in [6, 6.07) is 0. The van der Waals surface area contributed by atoms with E-state index in [9.17, 15) is 0 Å². The Morgan fingerprint density at radius 3 is 3.00 bits per heavy atom. The van der Waals surface area contributed by atoms with Gasteiger partial charge in [-0.3, -0.25) is 0 Å². The Hall–Kier alpha value is 0.130. The number of rotatable bonds is 5. The Morgan fingerprint density at radius 2 is 2.33 bits per heavy atom. The second-order valence-corrected chi connectivity index (χ2v) is 5.83. The molecule has 0 spiro atoms. The number of ether oxygens (including phenoxy) is 1. The molecule has 0 radical (unpaired) electrons. The molecule has 0 aromatic carbocycles. The molecule has 2 aliphatic rings. The molecule has 0 aromatic rings. The van der Waals surface area contributed by atoms with E-state index in [1.807, 2.05) is 0 Å². The van der Waals surface area contributed by atoms with Crippen molar-refractivity contribution in [1.82, 2.24) is 10.2 Å². The van der Waals surface area contributed by atoms with Gasteiger partial charge in [-0.1, -0.05) is 6.92 Å². The first-order valence-electron chi connectivity index (χ1n) is 6.87. The molecule has 108 valence electrons. The van der Waals surface area contributed by atoms with Crippen LogP contribution in [0.4, 0.5) is 0 Å². The van der Waals surface area contributed by atoms with Crippen LogP contribution in [0.2, 0.25) is 0 Å². The Balaban J connectivity index is 0.00000162. The normalized spacial score (nSPS) is 33.3. The molecule has 0 saturated carbocycles. The van der Waals surface area contributed by atoms with Crippen molar-refractivity contribution in [2.75, 3.05) is 45.9 Å². The lowest BCUT2D eigenvalue weighted by molar-refractivity contribution is -0.0214. The Bertz CT molecular complexity index is 235. The summed E-state index contributed by atoms with van der Waals surface area (Å²) < 4.78 is 5.65.